The first-order valence-electron chi connectivity index (χ1n) is 6.42. The predicted octanol–water partition coefficient (Wildman–Crippen LogP) is 4.60. The summed E-state index contributed by atoms with van der Waals surface area (Å²) in [4.78, 5) is 0. The molecule has 1 saturated carbocycles. The second-order valence-electron chi connectivity index (χ2n) is 5.27. The molecule has 1 aromatic carbocycles. The summed E-state index contributed by atoms with van der Waals surface area (Å²) in [5, 5.41) is 8.39. The highest BCUT2D eigenvalue weighted by atomic mass is 19.3. The van der Waals surface area contributed by atoms with Crippen LogP contribution in [0, 0.1) is 17.2 Å². The van der Waals surface area contributed by atoms with Crippen LogP contribution in [0.4, 0.5) is 8.78 Å². The first-order chi connectivity index (χ1) is 8.53. The summed E-state index contributed by atoms with van der Waals surface area (Å²) in [5.41, 5.74) is 0.914. The molecule has 0 N–H and O–H groups in total. The lowest BCUT2D eigenvalue weighted by molar-refractivity contribution is 0.0612. The minimum Gasteiger partial charge on any atom is -0.191 e. The molecule has 1 aliphatic carbocycles. The Morgan fingerprint density at radius 2 is 1.67 bits per heavy atom. The number of hydrogen-bond acceptors (Lipinski definition) is 1. The maximum absolute atomic E-state index is 13.1. The summed E-state index contributed by atoms with van der Waals surface area (Å²) >= 11 is 0. The fraction of sp³-hybridized carbons (Fsp3) is 0.533. The number of hydrogen-bond donors (Lipinski definition) is 0. The van der Waals surface area contributed by atoms with E-state index in [0.717, 1.165) is 30.4 Å². The molecule has 2 rings (SSSR count). The van der Waals surface area contributed by atoms with E-state index in [4.69, 9.17) is 5.26 Å². The average Bonchev–Trinajstić information content (AvgIpc) is 2.40. The minimum atomic E-state index is -3.38. The Hall–Kier alpha value is -1.43. The number of nitriles is 1. The van der Waals surface area contributed by atoms with Crippen molar-refractivity contribution in [2.24, 2.45) is 5.92 Å². The van der Waals surface area contributed by atoms with E-state index in [9.17, 15) is 8.78 Å². The number of rotatable bonds is 2. The summed E-state index contributed by atoms with van der Waals surface area (Å²) in [7, 11) is 0. The van der Waals surface area contributed by atoms with Crippen LogP contribution in [-0.4, -0.2) is 0 Å². The fourth-order valence-electron chi connectivity index (χ4n) is 2.62. The van der Waals surface area contributed by atoms with Crippen molar-refractivity contribution < 1.29 is 8.78 Å². The van der Waals surface area contributed by atoms with Crippen molar-refractivity contribution in [3.63, 3.8) is 0 Å². The van der Waals surface area contributed by atoms with Gasteiger partial charge in [0, 0.05) is 5.56 Å². The summed E-state index contributed by atoms with van der Waals surface area (Å²) in [6, 6.07) is 7.30. The van der Waals surface area contributed by atoms with Gasteiger partial charge in [-0.1, -0.05) is 44.0 Å². The van der Waals surface area contributed by atoms with Gasteiger partial charge in [0.05, 0.1) is 0 Å². The number of alkyl halides is 2. The molecule has 0 bridgehead atoms. The fourth-order valence-corrected chi connectivity index (χ4v) is 2.62. The molecule has 0 amide bonds. The summed E-state index contributed by atoms with van der Waals surface area (Å²) in [5.74, 6) is -2.10. The molecule has 1 aromatic rings. The molecule has 0 heterocycles. The van der Waals surface area contributed by atoms with E-state index in [-0.39, 0.29) is 5.56 Å². The third-order valence-corrected chi connectivity index (χ3v) is 3.90. The lowest BCUT2D eigenvalue weighted by Gasteiger charge is -2.26. The zero-order valence-electron chi connectivity index (χ0n) is 10.5. The number of benzene rings is 1. The first kappa shape index (κ1) is 13.0. The van der Waals surface area contributed by atoms with Crippen LogP contribution in [-0.2, 0) is 5.92 Å². The van der Waals surface area contributed by atoms with E-state index < -0.39 is 5.92 Å². The lowest BCUT2D eigenvalue weighted by Crippen LogP contribution is -2.12. The maximum atomic E-state index is 13.1. The monoisotopic (exact) mass is 249 g/mol. The van der Waals surface area contributed by atoms with Crippen LogP contribution in [0.15, 0.2) is 24.3 Å². The van der Waals surface area contributed by atoms with Crippen LogP contribution in [0.5, 0.6) is 0 Å². The van der Waals surface area contributed by atoms with E-state index in [1.807, 2.05) is 0 Å². The van der Waals surface area contributed by atoms with Crippen molar-refractivity contribution in [1.82, 2.24) is 0 Å². The van der Waals surface area contributed by atoms with E-state index in [1.54, 1.807) is 12.1 Å². The van der Waals surface area contributed by atoms with Gasteiger partial charge in [-0.05, 0) is 30.2 Å². The zero-order valence-corrected chi connectivity index (χ0v) is 10.5. The van der Waals surface area contributed by atoms with Crippen molar-refractivity contribution in [2.45, 2.75) is 44.4 Å². The smallest absolute Gasteiger partial charge is 0.191 e. The molecule has 1 nitrogen and oxygen atoms in total. The molecule has 0 radical (unpaired) electrons. The molecule has 0 spiro atoms. The molecular formula is C15H17F2N. The molecule has 1 aliphatic rings. The van der Waals surface area contributed by atoms with E-state index in [1.165, 1.54) is 25.0 Å². The molecule has 0 aliphatic heterocycles. The Morgan fingerprint density at radius 1 is 1.11 bits per heavy atom. The van der Waals surface area contributed by atoms with Gasteiger partial charge in [-0.15, -0.1) is 0 Å². The van der Waals surface area contributed by atoms with E-state index in [0.29, 0.717) is 5.92 Å². The molecule has 3 heteroatoms. The molecule has 0 aromatic heterocycles. The van der Waals surface area contributed by atoms with Crippen LogP contribution in [0.3, 0.4) is 0 Å². The van der Waals surface area contributed by atoms with Gasteiger partial charge in [0.15, 0.2) is 0 Å². The highest BCUT2D eigenvalue weighted by Crippen LogP contribution is 2.36. The normalized spacial score (nSPS) is 24.6. The largest absolute Gasteiger partial charge is 0.357 e. The molecule has 0 saturated heterocycles. The van der Waals surface area contributed by atoms with Crippen molar-refractivity contribution >= 4 is 0 Å². The van der Waals surface area contributed by atoms with Crippen molar-refractivity contribution in [3.05, 3.63) is 35.4 Å². The molecule has 0 unspecified atom stereocenters. The van der Waals surface area contributed by atoms with E-state index >= 15 is 0 Å². The van der Waals surface area contributed by atoms with Crippen LogP contribution in [0.2, 0.25) is 0 Å². The third kappa shape index (κ3) is 2.69. The summed E-state index contributed by atoms with van der Waals surface area (Å²) in [6.07, 6.45) is 4.69. The summed E-state index contributed by atoms with van der Waals surface area (Å²) < 4.78 is 26.3. The summed E-state index contributed by atoms with van der Waals surface area (Å²) in [6.45, 7) is 2.26. The predicted molar refractivity (Wildman–Crippen MR) is 66.3 cm³/mol. The Balaban J connectivity index is 2.11. The van der Waals surface area contributed by atoms with Crippen LogP contribution < -0.4 is 0 Å². The Morgan fingerprint density at radius 3 is 2.17 bits per heavy atom. The van der Waals surface area contributed by atoms with Gasteiger partial charge in [-0.3, -0.25) is 0 Å². The zero-order chi connectivity index (χ0) is 13.2. The number of nitrogens with zero attached hydrogens (tertiary/aromatic N) is 1. The second-order valence-corrected chi connectivity index (χ2v) is 5.27. The van der Waals surface area contributed by atoms with Crippen molar-refractivity contribution in [1.29, 1.82) is 5.26 Å². The molecule has 0 atom stereocenters. The molecule has 1 fully saturated rings. The van der Waals surface area contributed by atoms with Crippen molar-refractivity contribution in [2.75, 3.05) is 0 Å². The van der Waals surface area contributed by atoms with Gasteiger partial charge in [0.25, 0.3) is 0 Å². The molecule has 96 valence electrons. The van der Waals surface area contributed by atoms with E-state index in [2.05, 4.69) is 6.92 Å². The average molecular weight is 249 g/mol. The SMILES string of the molecule is CC1CCC(c2ccc(C(F)(F)C#N)cc2)CC1. The van der Waals surface area contributed by atoms with Crippen LogP contribution >= 0.6 is 0 Å². The highest BCUT2D eigenvalue weighted by Gasteiger charge is 2.31. The maximum Gasteiger partial charge on any atom is 0.357 e. The topological polar surface area (TPSA) is 23.8 Å². The van der Waals surface area contributed by atoms with Gasteiger partial charge in [0.2, 0.25) is 0 Å². The highest BCUT2D eigenvalue weighted by molar-refractivity contribution is 5.31. The molecule has 18 heavy (non-hydrogen) atoms. The minimum absolute atomic E-state index is 0.210. The standard InChI is InChI=1S/C15H17F2N/c1-11-2-4-12(5-3-11)13-6-8-14(9-7-13)15(16,17)10-18/h6-9,11-12H,2-5H2,1H3. The Labute approximate surface area is 106 Å². The lowest BCUT2D eigenvalue weighted by atomic mass is 9.79. The molecular weight excluding hydrogens is 232 g/mol. The van der Waals surface area contributed by atoms with Crippen LogP contribution in [0.1, 0.15) is 49.7 Å². The number of halogens is 2. The van der Waals surface area contributed by atoms with Gasteiger partial charge in [0.1, 0.15) is 6.07 Å². The third-order valence-electron chi connectivity index (χ3n) is 3.90. The Kier molecular flexibility index (Phi) is 3.65. The van der Waals surface area contributed by atoms with Gasteiger partial charge >= 0.3 is 5.92 Å². The second kappa shape index (κ2) is 5.06. The van der Waals surface area contributed by atoms with Gasteiger partial charge in [-0.2, -0.15) is 14.0 Å². The van der Waals surface area contributed by atoms with Crippen molar-refractivity contribution in [3.8, 4) is 6.07 Å². The van der Waals surface area contributed by atoms with Gasteiger partial charge in [-0.25, -0.2) is 0 Å². The first-order valence-corrected chi connectivity index (χ1v) is 6.42. The van der Waals surface area contributed by atoms with Crippen LogP contribution in [0.25, 0.3) is 0 Å². The Bertz CT molecular complexity index is 437. The quantitative estimate of drug-likeness (QED) is 0.751. The van der Waals surface area contributed by atoms with Gasteiger partial charge < -0.3 is 0 Å².